The first-order valence-electron chi connectivity index (χ1n) is 5.67. The van der Waals surface area contributed by atoms with Crippen LogP contribution in [0.4, 0.5) is 0 Å². The Labute approximate surface area is 106 Å². The Bertz CT molecular complexity index is 503. The van der Waals surface area contributed by atoms with Gasteiger partial charge in [-0.25, -0.2) is 8.42 Å². The van der Waals surface area contributed by atoms with E-state index in [9.17, 15) is 13.2 Å². The van der Waals surface area contributed by atoms with Crippen molar-refractivity contribution in [2.75, 3.05) is 32.4 Å². The zero-order valence-corrected chi connectivity index (χ0v) is 11.0. The van der Waals surface area contributed by atoms with Crippen molar-refractivity contribution in [3.05, 3.63) is 18.5 Å². The van der Waals surface area contributed by atoms with Gasteiger partial charge in [-0.15, -0.1) is 0 Å². The fourth-order valence-electron chi connectivity index (χ4n) is 1.90. The molecule has 1 fully saturated rings. The molecular formula is C10H16N4O3S. The van der Waals surface area contributed by atoms with E-state index in [2.05, 4.69) is 5.10 Å². The highest BCUT2D eigenvalue weighted by Crippen LogP contribution is 2.06. The minimum absolute atomic E-state index is 0.0353. The molecule has 8 heteroatoms. The number of hydrogen-bond donors (Lipinski definition) is 0. The zero-order valence-electron chi connectivity index (χ0n) is 10.2. The van der Waals surface area contributed by atoms with Crippen LogP contribution in [-0.2, 0) is 21.4 Å². The molecule has 0 radical (unpaired) electrons. The lowest BCUT2D eigenvalue weighted by atomic mass is 10.3. The van der Waals surface area contributed by atoms with E-state index in [0.717, 1.165) is 0 Å². The number of aromatic nitrogens is 2. The Hall–Kier alpha value is -1.41. The number of hydrogen-bond acceptors (Lipinski definition) is 4. The second kappa shape index (κ2) is 5.07. The van der Waals surface area contributed by atoms with Gasteiger partial charge in [0.2, 0.25) is 15.9 Å². The molecular weight excluding hydrogens is 256 g/mol. The summed E-state index contributed by atoms with van der Waals surface area (Å²) in [6.45, 7) is 1.81. The monoisotopic (exact) mass is 272 g/mol. The van der Waals surface area contributed by atoms with Crippen LogP contribution in [-0.4, -0.2) is 65.7 Å². The minimum Gasteiger partial charge on any atom is -0.338 e. The third-order valence-electron chi connectivity index (χ3n) is 2.92. The predicted molar refractivity (Wildman–Crippen MR) is 65.2 cm³/mol. The molecule has 1 aromatic rings. The first-order chi connectivity index (χ1) is 8.47. The number of amides is 1. The van der Waals surface area contributed by atoms with Gasteiger partial charge in [0.25, 0.3) is 0 Å². The molecule has 7 nitrogen and oxygen atoms in total. The Kier molecular flexibility index (Phi) is 3.67. The molecule has 2 heterocycles. The molecule has 18 heavy (non-hydrogen) atoms. The summed E-state index contributed by atoms with van der Waals surface area (Å²) in [4.78, 5) is 13.6. The summed E-state index contributed by atoms with van der Waals surface area (Å²) in [5.74, 6) is -0.0353. The van der Waals surface area contributed by atoms with Crippen LogP contribution in [0.2, 0.25) is 0 Å². The lowest BCUT2D eigenvalue weighted by Crippen LogP contribution is -2.51. The average molecular weight is 272 g/mol. The maximum atomic E-state index is 11.9. The summed E-state index contributed by atoms with van der Waals surface area (Å²) < 4.78 is 25.6. The van der Waals surface area contributed by atoms with Crippen molar-refractivity contribution in [2.24, 2.45) is 0 Å². The van der Waals surface area contributed by atoms with Gasteiger partial charge in [0.1, 0.15) is 6.54 Å². The topological polar surface area (TPSA) is 75.5 Å². The second-order valence-corrected chi connectivity index (χ2v) is 6.23. The normalized spacial score (nSPS) is 17.9. The van der Waals surface area contributed by atoms with Crippen molar-refractivity contribution >= 4 is 15.9 Å². The van der Waals surface area contributed by atoms with E-state index in [1.54, 1.807) is 28.0 Å². The summed E-state index contributed by atoms with van der Waals surface area (Å²) in [6.07, 6.45) is 4.54. The van der Waals surface area contributed by atoms with Crippen LogP contribution in [0.15, 0.2) is 18.5 Å². The van der Waals surface area contributed by atoms with Crippen LogP contribution in [0.25, 0.3) is 0 Å². The van der Waals surface area contributed by atoms with Crippen molar-refractivity contribution in [3.8, 4) is 0 Å². The predicted octanol–water partition coefficient (Wildman–Crippen LogP) is -1.01. The third kappa shape index (κ3) is 3.08. The lowest BCUT2D eigenvalue weighted by Gasteiger charge is -2.33. The molecule has 1 aromatic heterocycles. The van der Waals surface area contributed by atoms with Crippen LogP contribution >= 0.6 is 0 Å². The van der Waals surface area contributed by atoms with E-state index in [4.69, 9.17) is 0 Å². The third-order valence-corrected chi connectivity index (χ3v) is 4.22. The number of carbonyl (C=O) groups is 1. The van der Waals surface area contributed by atoms with Gasteiger partial charge in [-0.05, 0) is 6.07 Å². The molecule has 0 atom stereocenters. The smallest absolute Gasteiger partial charge is 0.244 e. The second-order valence-electron chi connectivity index (χ2n) is 4.25. The SMILES string of the molecule is CS(=O)(=O)N1CCN(C(=O)Cn2cccn2)CC1. The summed E-state index contributed by atoms with van der Waals surface area (Å²) in [5, 5.41) is 3.97. The molecule has 0 aromatic carbocycles. The molecule has 2 rings (SSSR count). The maximum Gasteiger partial charge on any atom is 0.244 e. The summed E-state index contributed by atoms with van der Waals surface area (Å²) in [7, 11) is -3.15. The molecule has 100 valence electrons. The summed E-state index contributed by atoms with van der Waals surface area (Å²) in [6, 6.07) is 1.76. The van der Waals surface area contributed by atoms with E-state index in [-0.39, 0.29) is 12.5 Å². The highest BCUT2D eigenvalue weighted by atomic mass is 32.2. The molecule has 0 N–H and O–H groups in total. The zero-order chi connectivity index (χ0) is 13.2. The molecule has 0 bridgehead atoms. The van der Waals surface area contributed by atoms with E-state index >= 15 is 0 Å². The van der Waals surface area contributed by atoms with Gasteiger partial charge in [0, 0.05) is 38.6 Å². The average Bonchev–Trinajstić information content (AvgIpc) is 2.81. The number of carbonyl (C=O) groups excluding carboxylic acids is 1. The standard InChI is InChI=1S/C10H16N4O3S/c1-18(16,17)14-7-5-12(6-8-14)10(15)9-13-4-2-3-11-13/h2-4H,5-9H2,1H3. The van der Waals surface area contributed by atoms with Crippen molar-refractivity contribution in [3.63, 3.8) is 0 Å². The molecule has 1 aliphatic heterocycles. The van der Waals surface area contributed by atoms with Crippen molar-refractivity contribution in [1.82, 2.24) is 19.0 Å². The molecule has 0 unspecified atom stereocenters. The first kappa shape index (κ1) is 13.0. The van der Waals surface area contributed by atoms with Crippen molar-refractivity contribution < 1.29 is 13.2 Å². The lowest BCUT2D eigenvalue weighted by molar-refractivity contribution is -0.133. The Morgan fingerprint density at radius 1 is 1.28 bits per heavy atom. The van der Waals surface area contributed by atoms with Crippen molar-refractivity contribution in [1.29, 1.82) is 0 Å². The molecule has 1 saturated heterocycles. The van der Waals surface area contributed by atoms with Gasteiger partial charge in [0.05, 0.1) is 6.26 Å². The number of sulfonamides is 1. The molecule has 1 amide bonds. The minimum atomic E-state index is -3.15. The van der Waals surface area contributed by atoms with Gasteiger partial charge >= 0.3 is 0 Å². The fraction of sp³-hybridized carbons (Fsp3) is 0.600. The highest BCUT2D eigenvalue weighted by molar-refractivity contribution is 7.88. The van der Waals surface area contributed by atoms with Crippen LogP contribution in [0, 0.1) is 0 Å². The molecule has 0 spiro atoms. The highest BCUT2D eigenvalue weighted by Gasteiger charge is 2.25. The van der Waals surface area contributed by atoms with E-state index in [1.807, 2.05) is 0 Å². The summed E-state index contributed by atoms with van der Waals surface area (Å²) in [5.41, 5.74) is 0. The van der Waals surface area contributed by atoms with Gasteiger partial charge in [-0.1, -0.05) is 0 Å². The maximum absolute atomic E-state index is 11.9. The molecule has 1 aliphatic rings. The van der Waals surface area contributed by atoms with E-state index < -0.39 is 10.0 Å². The van der Waals surface area contributed by atoms with E-state index in [1.165, 1.54) is 10.6 Å². The molecule has 0 saturated carbocycles. The van der Waals surface area contributed by atoms with Crippen LogP contribution in [0.1, 0.15) is 0 Å². The van der Waals surface area contributed by atoms with Crippen molar-refractivity contribution in [2.45, 2.75) is 6.54 Å². The Morgan fingerprint density at radius 2 is 1.94 bits per heavy atom. The number of piperazine rings is 1. The van der Waals surface area contributed by atoms with Crippen LogP contribution < -0.4 is 0 Å². The Balaban J connectivity index is 1.88. The van der Waals surface area contributed by atoms with Crippen LogP contribution in [0.3, 0.4) is 0 Å². The van der Waals surface area contributed by atoms with Gasteiger partial charge in [-0.2, -0.15) is 9.40 Å². The van der Waals surface area contributed by atoms with Crippen LogP contribution in [0.5, 0.6) is 0 Å². The van der Waals surface area contributed by atoms with Gasteiger partial charge < -0.3 is 4.90 Å². The largest absolute Gasteiger partial charge is 0.338 e. The van der Waals surface area contributed by atoms with E-state index in [0.29, 0.717) is 26.2 Å². The summed E-state index contributed by atoms with van der Waals surface area (Å²) >= 11 is 0. The van der Waals surface area contributed by atoms with Gasteiger partial charge in [-0.3, -0.25) is 9.48 Å². The Morgan fingerprint density at radius 3 is 2.44 bits per heavy atom. The fourth-order valence-corrected chi connectivity index (χ4v) is 2.73. The quantitative estimate of drug-likeness (QED) is 0.706. The van der Waals surface area contributed by atoms with Gasteiger partial charge in [0.15, 0.2) is 0 Å². The number of nitrogens with zero attached hydrogens (tertiary/aromatic N) is 4. The number of rotatable bonds is 3. The first-order valence-corrected chi connectivity index (χ1v) is 7.52. The molecule has 0 aliphatic carbocycles.